The fourth-order valence-corrected chi connectivity index (χ4v) is 1.88. The summed E-state index contributed by atoms with van der Waals surface area (Å²) in [5.74, 6) is -1.59. The SMILES string of the molecule is NC(=O)CNC(=O)c1cccc(OC(=O)C=Cc2ccc(Cl)nc2)c1. The van der Waals surface area contributed by atoms with E-state index in [2.05, 4.69) is 10.3 Å². The van der Waals surface area contributed by atoms with Crippen molar-refractivity contribution in [2.45, 2.75) is 0 Å². The van der Waals surface area contributed by atoms with Gasteiger partial charge in [-0.3, -0.25) is 9.59 Å². The van der Waals surface area contributed by atoms with Gasteiger partial charge in [-0.15, -0.1) is 0 Å². The molecule has 0 aliphatic heterocycles. The maximum Gasteiger partial charge on any atom is 0.336 e. The Kier molecular flexibility index (Phi) is 6.25. The molecule has 7 nitrogen and oxygen atoms in total. The maximum absolute atomic E-state index is 11.8. The topological polar surface area (TPSA) is 111 Å². The van der Waals surface area contributed by atoms with Crippen LogP contribution in [0.2, 0.25) is 5.15 Å². The van der Waals surface area contributed by atoms with Gasteiger partial charge in [-0.2, -0.15) is 0 Å². The second-order valence-corrected chi connectivity index (χ2v) is 5.23. The molecule has 2 rings (SSSR count). The Morgan fingerprint density at radius 3 is 2.72 bits per heavy atom. The molecule has 1 heterocycles. The average Bonchev–Trinajstić information content (AvgIpc) is 2.59. The molecule has 0 aliphatic carbocycles. The Morgan fingerprint density at radius 1 is 1.24 bits per heavy atom. The molecule has 0 unspecified atom stereocenters. The van der Waals surface area contributed by atoms with Crippen molar-refractivity contribution in [3.8, 4) is 5.75 Å². The first-order valence-electron chi connectivity index (χ1n) is 7.12. The van der Waals surface area contributed by atoms with Crippen molar-refractivity contribution >= 4 is 35.5 Å². The summed E-state index contributed by atoms with van der Waals surface area (Å²) >= 11 is 5.68. The van der Waals surface area contributed by atoms with E-state index in [4.69, 9.17) is 22.1 Å². The molecule has 0 bridgehead atoms. The van der Waals surface area contributed by atoms with E-state index >= 15 is 0 Å². The largest absolute Gasteiger partial charge is 0.423 e. The maximum atomic E-state index is 11.8. The highest BCUT2D eigenvalue weighted by atomic mass is 35.5. The fraction of sp³-hybridized carbons (Fsp3) is 0.0588. The number of aromatic nitrogens is 1. The number of pyridine rings is 1. The van der Waals surface area contributed by atoms with Crippen LogP contribution in [0.1, 0.15) is 15.9 Å². The van der Waals surface area contributed by atoms with E-state index in [0.717, 1.165) is 0 Å². The fourth-order valence-electron chi connectivity index (χ4n) is 1.77. The molecule has 2 amide bonds. The first kappa shape index (κ1) is 18.2. The molecule has 3 N–H and O–H groups in total. The molecule has 0 radical (unpaired) electrons. The smallest absolute Gasteiger partial charge is 0.336 e. The number of nitrogens with one attached hydrogen (secondary N) is 1. The molecule has 1 aromatic carbocycles. The molecule has 0 fully saturated rings. The molecule has 2 aromatic rings. The molecule has 0 atom stereocenters. The van der Waals surface area contributed by atoms with Crippen molar-refractivity contribution in [3.05, 3.63) is 65.0 Å². The summed E-state index contributed by atoms with van der Waals surface area (Å²) in [5.41, 5.74) is 5.88. The predicted molar refractivity (Wildman–Crippen MR) is 91.9 cm³/mol. The first-order chi connectivity index (χ1) is 11.9. The van der Waals surface area contributed by atoms with Gasteiger partial charge in [-0.05, 0) is 35.9 Å². The lowest BCUT2D eigenvalue weighted by molar-refractivity contribution is -0.128. The van der Waals surface area contributed by atoms with Gasteiger partial charge in [0, 0.05) is 17.8 Å². The minimum absolute atomic E-state index is 0.190. The van der Waals surface area contributed by atoms with Crippen molar-refractivity contribution < 1.29 is 19.1 Å². The van der Waals surface area contributed by atoms with Gasteiger partial charge in [0.25, 0.3) is 5.91 Å². The van der Waals surface area contributed by atoms with Crippen LogP contribution >= 0.6 is 11.6 Å². The van der Waals surface area contributed by atoms with Crippen molar-refractivity contribution in [3.63, 3.8) is 0 Å². The molecule has 25 heavy (non-hydrogen) atoms. The highest BCUT2D eigenvalue weighted by molar-refractivity contribution is 6.29. The standard InChI is InChI=1S/C17H14ClN3O4/c18-14-6-4-11(9-20-14)5-7-16(23)25-13-3-1-2-12(8-13)17(24)21-10-15(19)22/h1-9H,10H2,(H2,19,22)(H,21,24). The first-order valence-corrected chi connectivity index (χ1v) is 7.50. The Labute approximate surface area is 148 Å². The van der Waals surface area contributed by atoms with Gasteiger partial charge in [-0.25, -0.2) is 9.78 Å². The van der Waals surface area contributed by atoms with Gasteiger partial charge in [0.1, 0.15) is 10.9 Å². The van der Waals surface area contributed by atoms with Crippen LogP contribution < -0.4 is 15.8 Å². The summed E-state index contributed by atoms with van der Waals surface area (Å²) < 4.78 is 5.13. The lowest BCUT2D eigenvalue weighted by Gasteiger charge is -2.05. The molecule has 0 saturated heterocycles. The number of hydrogen-bond acceptors (Lipinski definition) is 5. The summed E-state index contributed by atoms with van der Waals surface area (Å²) in [6.45, 7) is -0.277. The number of halogens is 1. The lowest BCUT2D eigenvalue weighted by Crippen LogP contribution is -2.33. The number of primary amides is 1. The van der Waals surface area contributed by atoms with Crippen LogP contribution in [0.3, 0.4) is 0 Å². The Morgan fingerprint density at radius 2 is 2.04 bits per heavy atom. The summed E-state index contributed by atoms with van der Waals surface area (Å²) in [4.78, 5) is 38.2. The molecule has 8 heteroatoms. The van der Waals surface area contributed by atoms with Gasteiger partial charge >= 0.3 is 5.97 Å². The third-order valence-corrected chi connectivity index (χ3v) is 3.12. The summed E-state index contributed by atoms with van der Waals surface area (Å²) in [6, 6.07) is 9.27. The van der Waals surface area contributed by atoms with Crippen molar-refractivity contribution in [1.82, 2.24) is 10.3 Å². The van der Waals surface area contributed by atoms with Gasteiger partial charge in [-0.1, -0.05) is 23.7 Å². The van der Waals surface area contributed by atoms with Crippen LogP contribution in [-0.4, -0.2) is 29.3 Å². The number of carbonyl (C=O) groups excluding carboxylic acids is 3. The van der Waals surface area contributed by atoms with Crippen LogP contribution in [0, 0.1) is 0 Å². The zero-order chi connectivity index (χ0) is 18.2. The van der Waals surface area contributed by atoms with Gasteiger partial charge in [0.2, 0.25) is 5.91 Å². The molecule has 128 valence electrons. The zero-order valence-corrected chi connectivity index (χ0v) is 13.7. The minimum Gasteiger partial charge on any atom is -0.423 e. The van der Waals surface area contributed by atoms with Crippen LogP contribution in [0.5, 0.6) is 5.75 Å². The lowest BCUT2D eigenvalue weighted by atomic mass is 10.2. The number of esters is 1. The second kappa shape index (κ2) is 8.60. The van der Waals surface area contributed by atoms with Crippen molar-refractivity contribution in [2.24, 2.45) is 5.73 Å². The number of hydrogen-bond donors (Lipinski definition) is 2. The number of nitrogens with zero attached hydrogens (tertiary/aromatic N) is 1. The highest BCUT2D eigenvalue weighted by Gasteiger charge is 2.09. The number of carbonyl (C=O) groups is 3. The molecule has 0 saturated carbocycles. The Hall–Kier alpha value is -3.19. The average molecular weight is 360 g/mol. The van der Waals surface area contributed by atoms with Crippen LogP contribution in [0.15, 0.2) is 48.7 Å². The number of rotatable bonds is 6. The van der Waals surface area contributed by atoms with E-state index in [1.54, 1.807) is 18.2 Å². The summed E-state index contributed by atoms with van der Waals surface area (Å²) in [5, 5.41) is 2.70. The molecular formula is C17H14ClN3O4. The molecule has 0 spiro atoms. The number of amides is 2. The Bertz CT molecular complexity index is 819. The minimum atomic E-state index is -0.655. The Balaban J connectivity index is 1.98. The van der Waals surface area contributed by atoms with E-state index in [0.29, 0.717) is 10.7 Å². The molecular weight excluding hydrogens is 346 g/mol. The third-order valence-electron chi connectivity index (χ3n) is 2.90. The summed E-state index contributed by atoms with van der Waals surface area (Å²) in [6.07, 6.45) is 4.26. The van der Waals surface area contributed by atoms with Gasteiger partial charge in [0.15, 0.2) is 0 Å². The second-order valence-electron chi connectivity index (χ2n) is 4.85. The summed E-state index contributed by atoms with van der Waals surface area (Å²) in [7, 11) is 0. The van der Waals surface area contributed by atoms with Gasteiger partial charge < -0.3 is 15.8 Å². The predicted octanol–water partition coefficient (Wildman–Crippen LogP) is 1.57. The highest BCUT2D eigenvalue weighted by Crippen LogP contribution is 2.14. The van der Waals surface area contributed by atoms with E-state index < -0.39 is 17.8 Å². The zero-order valence-electron chi connectivity index (χ0n) is 12.9. The van der Waals surface area contributed by atoms with Crippen molar-refractivity contribution in [1.29, 1.82) is 0 Å². The van der Waals surface area contributed by atoms with E-state index in [1.165, 1.54) is 36.5 Å². The van der Waals surface area contributed by atoms with E-state index in [-0.39, 0.29) is 17.9 Å². The van der Waals surface area contributed by atoms with E-state index in [9.17, 15) is 14.4 Å². The normalized spacial score (nSPS) is 10.4. The van der Waals surface area contributed by atoms with Crippen LogP contribution in [0.4, 0.5) is 0 Å². The number of nitrogens with two attached hydrogens (primary N) is 1. The van der Waals surface area contributed by atoms with E-state index in [1.807, 2.05) is 0 Å². The molecule has 1 aromatic heterocycles. The molecule has 0 aliphatic rings. The van der Waals surface area contributed by atoms with Crippen molar-refractivity contribution in [2.75, 3.05) is 6.54 Å². The number of benzene rings is 1. The van der Waals surface area contributed by atoms with Gasteiger partial charge in [0.05, 0.1) is 6.54 Å². The number of ether oxygens (including phenoxy) is 1. The van der Waals surface area contributed by atoms with Crippen LogP contribution in [0.25, 0.3) is 6.08 Å². The van der Waals surface area contributed by atoms with Crippen LogP contribution in [-0.2, 0) is 9.59 Å². The monoisotopic (exact) mass is 359 g/mol. The quantitative estimate of drug-likeness (QED) is 0.352. The third kappa shape index (κ3) is 6.08.